The summed E-state index contributed by atoms with van der Waals surface area (Å²) < 4.78 is 27.4. The number of fused-ring (bicyclic) bond motifs is 1. The van der Waals surface area contributed by atoms with E-state index in [1.807, 2.05) is 24.3 Å². The molecule has 0 aliphatic heterocycles. The number of sulfonamides is 1. The van der Waals surface area contributed by atoms with Gasteiger partial charge in [-0.2, -0.15) is 0 Å². The fourth-order valence-corrected chi connectivity index (χ4v) is 4.65. The predicted molar refractivity (Wildman–Crippen MR) is 107 cm³/mol. The van der Waals surface area contributed by atoms with Gasteiger partial charge in [0.25, 0.3) is 15.7 Å². The van der Waals surface area contributed by atoms with Crippen LogP contribution in [0.15, 0.2) is 71.6 Å². The molecule has 0 saturated carbocycles. The van der Waals surface area contributed by atoms with Gasteiger partial charge in [-0.1, -0.05) is 36.4 Å². The van der Waals surface area contributed by atoms with Crippen LogP contribution >= 0.6 is 11.6 Å². The van der Waals surface area contributed by atoms with Crippen molar-refractivity contribution in [1.29, 1.82) is 0 Å². The molecule has 28 heavy (non-hydrogen) atoms. The molecule has 3 aromatic rings. The molecule has 0 N–H and O–H groups in total. The number of hydrogen-bond donors (Lipinski definition) is 0. The van der Waals surface area contributed by atoms with Crippen molar-refractivity contribution in [1.82, 2.24) is 0 Å². The second-order valence-electron chi connectivity index (χ2n) is 6.07. The van der Waals surface area contributed by atoms with Crippen LogP contribution in [0.4, 0.5) is 11.4 Å². The Morgan fingerprint density at radius 1 is 1.04 bits per heavy atom. The van der Waals surface area contributed by atoms with Gasteiger partial charge >= 0.3 is 0 Å². The highest BCUT2D eigenvalue weighted by Crippen LogP contribution is 2.31. The molecule has 0 aliphatic rings. The summed E-state index contributed by atoms with van der Waals surface area (Å²) in [7, 11) is -4.30. The second-order valence-corrected chi connectivity index (χ2v) is 8.25. The molecule has 1 atom stereocenters. The first kappa shape index (κ1) is 19.8. The van der Waals surface area contributed by atoms with Crippen LogP contribution in [-0.4, -0.2) is 24.6 Å². The standard InChI is InChI=1S/C19H15ClN2O5S/c1-13(19(20)23)21(16-10-9-14-5-2-3-6-15(14)11-16)28(26,27)18-8-4-7-17(12-18)22(24)25/h2-13H,1H3. The third kappa shape index (κ3) is 3.69. The number of rotatable bonds is 6. The third-order valence-corrected chi connectivity index (χ3v) is 6.46. The Morgan fingerprint density at radius 3 is 2.36 bits per heavy atom. The number of carbonyl (C=O) groups excluding carboxylic acids is 1. The molecule has 0 aliphatic carbocycles. The van der Waals surface area contributed by atoms with E-state index in [-0.39, 0.29) is 16.3 Å². The fraction of sp³-hybridized carbons (Fsp3) is 0.105. The van der Waals surface area contributed by atoms with Crippen LogP contribution in [0.25, 0.3) is 10.8 Å². The average molecular weight is 419 g/mol. The molecule has 9 heteroatoms. The lowest BCUT2D eigenvalue weighted by molar-refractivity contribution is -0.385. The highest BCUT2D eigenvalue weighted by atomic mass is 35.5. The van der Waals surface area contributed by atoms with Crippen LogP contribution in [0.1, 0.15) is 6.92 Å². The van der Waals surface area contributed by atoms with Crippen molar-refractivity contribution >= 4 is 49.0 Å². The van der Waals surface area contributed by atoms with Crippen LogP contribution in [0.3, 0.4) is 0 Å². The first-order chi connectivity index (χ1) is 13.2. The molecule has 0 spiro atoms. The van der Waals surface area contributed by atoms with Crippen molar-refractivity contribution in [3.05, 3.63) is 76.8 Å². The van der Waals surface area contributed by atoms with E-state index in [2.05, 4.69) is 0 Å². The number of anilines is 1. The number of halogens is 1. The molecule has 144 valence electrons. The van der Waals surface area contributed by atoms with Crippen molar-refractivity contribution < 1.29 is 18.1 Å². The third-order valence-electron chi connectivity index (χ3n) is 4.25. The van der Waals surface area contributed by atoms with Gasteiger partial charge < -0.3 is 0 Å². The number of nitro benzene ring substituents is 1. The van der Waals surface area contributed by atoms with E-state index in [1.54, 1.807) is 18.2 Å². The Hall–Kier alpha value is -2.97. The van der Waals surface area contributed by atoms with Crippen molar-refractivity contribution in [3.8, 4) is 0 Å². The van der Waals surface area contributed by atoms with E-state index in [1.165, 1.54) is 25.1 Å². The largest absolute Gasteiger partial charge is 0.279 e. The lowest BCUT2D eigenvalue weighted by Gasteiger charge is -2.28. The minimum absolute atomic E-state index is 0.228. The Morgan fingerprint density at radius 2 is 1.71 bits per heavy atom. The SMILES string of the molecule is CC(C(=O)Cl)N(c1ccc2ccccc2c1)S(=O)(=O)c1cccc([N+](=O)[O-])c1. The number of non-ortho nitro benzene ring substituents is 1. The average Bonchev–Trinajstić information content (AvgIpc) is 2.67. The molecule has 1 unspecified atom stereocenters. The molecule has 3 rings (SSSR count). The van der Waals surface area contributed by atoms with Gasteiger partial charge in [-0.15, -0.1) is 0 Å². The van der Waals surface area contributed by atoms with Crippen molar-refractivity contribution in [2.75, 3.05) is 4.31 Å². The topological polar surface area (TPSA) is 97.6 Å². The minimum Gasteiger partial charge on any atom is -0.279 e. The molecule has 0 amide bonds. The Bertz CT molecular complexity index is 1180. The molecule has 0 bridgehead atoms. The van der Waals surface area contributed by atoms with Gasteiger partial charge in [0.05, 0.1) is 15.5 Å². The van der Waals surface area contributed by atoms with Crippen molar-refractivity contribution in [2.24, 2.45) is 0 Å². The number of benzene rings is 3. The van der Waals surface area contributed by atoms with E-state index in [0.717, 1.165) is 21.1 Å². The van der Waals surface area contributed by atoms with E-state index in [9.17, 15) is 23.3 Å². The number of nitro groups is 1. The van der Waals surface area contributed by atoms with E-state index in [4.69, 9.17) is 11.6 Å². The molecular weight excluding hydrogens is 404 g/mol. The first-order valence-electron chi connectivity index (χ1n) is 8.19. The number of hydrogen-bond acceptors (Lipinski definition) is 5. The predicted octanol–water partition coefficient (Wildman–Crippen LogP) is 4.10. The second kappa shape index (κ2) is 7.57. The zero-order chi connectivity index (χ0) is 20.5. The van der Waals surface area contributed by atoms with Crippen LogP contribution in [-0.2, 0) is 14.8 Å². The maximum atomic E-state index is 13.3. The van der Waals surface area contributed by atoms with Gasteiger partial charge in [0.2, 0.25) is 5.24 Å². The van der Waals surface area contributed by atoms with E-state index >= 15 is 0 Å². The maximum Gasteiger partial charge on any atom is 0.270 e. The summed E-state index contributed by atoms with van der Waals surface area (Å²) in [4.78, 5) is 21.9. The summed E-state index contributed by atoms with van der Waals surface area (Å²) in [6.07, 6.45) is 0. The number of carbonyl (C=O) groups is 1. The Labute approximate surface area is 166 Å². The molecule has 3 aromatic carbocycles. The molecule has 0 fully saturated rings. The van der Waals surface area contributed by atoms with Gasteiger partial charge in [0.1, 0.15) is 6.04 Å². The summed E-state index contributed by atoms with van der Waals surface area (Å²) in [6, 6.07) is 15.7. The molecule has 7 nitrogen and oxygen atoms in total. The quantitative estimate of drug-likeness (QED) is 0.341. The maximum absolute atomic E-state index is 13.3. The van der Waals surface area contributed by atoms with Crippen LogP contribution in [0, 0.1) is 10.1 Å². The van der Waals surface area contributed by atoms with Crippen molar-refractivity contribution in [3.63, 3.8) is 0 Å². The zero-order valence-corrected chi connectivity index (χ0v) is 16.2. The van der Waals surface area contributed by atoms with Gasteiger partial charge in [0, 0.05) is 12.1 Å². The summed E-state index contributed by atoms with van der Waals surface area (Å²) in [5.41, 5.74) is -0.143. The number of nitrogens with zero attached hydrogens (tertiary/aromatic N) is 2. The smallest absolute Gasteiger partial charge is 0.270 e. The van der Waals surface area contributed by atoms with Gasteiger partial charge in [0.15, 0.2) is 0 Å². The molecule has 0 radical (unpaired) electrons. The highest BCUT2D eigenvalue weighted by Gasteiger charge is 2.33. The fourth-order valence-electron chi connectivity index (χ4n) is 2.85. The summed E-state index contributed by atoms with van der Waals surface area (Å²) in [5.74, 6) is 0. The molecule has 0 saturated heterocycles. The summed E-state index contributed by atoms with van der Waals surface area (Å²) >= 11 is 5.61. The van der Waals surface area contributed by atoms with Gasteiger partial charge in [-0.25, -0.2) is 8.42 Å². The van der Waals surface area contributed by atoms with Crippen LogP contribution in [0.5, 0.6) is 0 Å². The van der Waals surface area contributed by atoms with E-state index in [0.29, 0.717) is 0 Å². The molecule has 0 aromatic heterocycles. The lowest BCUT2D eigenvalue weighted by atomic mass is 10.1. The summed E-state index contributed by atoms with van der Waals surface area (Å²) in [5, 5.41) is 11.8. The molecule has 0 heterocycles. The Kier molecular flexibility index (Phi) is 5.35. The zero-order valence-electron chi connectivity index (χ0n) is 14.7. The van der Waals surface area contributed by atoms with Gasteiger partial charge in [-0.05, 0) is 47.5 Å². The molecular formula is C19H15ClN2O5S. The van der Waals surface area contributed by atoms with E-state index < -0.39 is 26.2 Å². The summed E-state index contributed by atoms with van der Waals surface area (Å²) in [6.45, 7) is 1.36. The van der Waals surface area contributed by atoms with Crippen LogP contribution < -0.4 is 4.31 Å². The van der Waals surface area contributed by atoms with Crippen molar-refractivity contribution in [2.45, 2.75) is 17.9 Å². The first-order valence-corrected chi connectivity index (χ1v) is 10.0. The minimum atomic E-state index is -4.30. The monoisotopic (exact) mass is 418 g/mol. The highest BCUT2D eigenvalue weighted by molar-refractivity contribution is 7.93. The normalized spacial score (nSPS) is 12.5. The van der Waals surface area contributed by atoms with Crippen LogP contribution in [0.2, 0.25) is 0 Å². The lowest BCUT2D eigenvalue weighted by Crippen LogP contribution is -2.42. The Balaban J connectivity index is 2.20. The van der Waals surface area contributed by atoms with Gasteiger partial charge in [-0.3, -0.25) is 19.2 Å².